The second-order valence-corrected chi connectivity index (χ2v) is 8.05. The number of benzene rings is 1. The van der Waals surface area contributed by atoms with E-state index in [0.717, 1.165) is 5.39 Å². The molecule has 25 heavy (non-hydrogen) atoms. The largest absolute Gasteiger partial charge is 0.472 e. The zero-order chi connectivity index (χ0) is 17.4. The number of halogens is 1. The normalized spacial score (nSPS) is 15.9. The van der Waals surface area contributed by atoms with Crippen LogP contribution >= 0.6 is 11.6 Å². The molecule has 2 aromatic heterocycles. The average molecular weight is 376 g/mol. The van der Waals surface area contributed by atoms with Gasteiger partial charge >= 0.3 is 0 Å². The van der Waals surface area contributed by atoms with E-state index in [9.17, 15) is 8.42 Å². The molecule has 0 amide bonds. The van der Waals surface area contributed by atoms with Crippen molar-refractivity contribution < 1.29 is 13.2 Å². The van der Waals surface area contributed by atoms with Gasteiger partial charge in [0.1, 0.15) is 11.0 Å². The van der Waals surface area contributed by atoms with Gasteiger partial charge < -0.3 is 4.74 Å². The zero-order valence-corrected chi connectivity index (χ0v) is 14.6. The molecule has 1 aromatic carbocycles. The van der Waals surface area contributed by atoms with Crippen molar-refractivity contribution in [3.05, 3.63) is 59.9 Å². The van der Waals surface area contributed by atoms with Crippen molar-refractivity contribution in [2.45, 2.75) is 11.0 Å². The van der Waals surface area contributed by atoms with Gasteiger partial charge in [-0.25, -0.2) is 13.4 Å². The molecule has 0 bridgehead atoms. The van der Waals surface area contributed by atoms with Gasteiger partial charge in [-0.05, 0) is 18.2 Å². The molecule has 0 N–H and O–H groups in total. The molecule has 0 unspecified atom stereocenters. The zero-order valence-electron chi connectivity index (χ0n) is 13.0. The molecule has 0 spiro atoms. The first-order valence-electron chi connectivity index (χ1n) is 7.66. The maximum absolute atomic E-state index is 12.9. The fraction of sp³-hybridized carbons (Fsp3) is 0.176. The topological polar surface area (TPSA) is 72.4 Å². The first kappa shape index (κ1) is 16.3. The summed E-state index contributed by atoms with van der Waals surface area (Å²) in [6.07, 6.45) is 2.85. The summed E-state index contributed by atoms with van der Waals surface area (Å²) in [7, 11) is -3.61. The average Bonchev–Trinajstić information content (AvgIpc) is 2.58. The summed E-state index contributed by atoms with van der Waals surface area (Å²) in [5.74, 6) is 0.429. The Balaban J connectivity index is 1.52. The second-order valence-electron chi connectivity index (χ2n) is 5.71. The lowest BCUT2D eigenvalue weighted by molar-refractivity contribution is 0.0721. The van der Waals surface area contributed by atoms with Crippen molar-refractivity contribution in [3.8, 4) is 5.88 Å². The predicted octanol–water partition coefficient (Wildman–Crippen LogP) is 2.74. The maximum atomic E-state index is 12.9. The van der Waals surface area contributed by atoms with E-state index < -0.39 is 10.0 Å². The summed E-state index contributed by atoms with van der Waals surface area (Å²) < 4.78 is 32.8. The fourth-order valence-corrected chi connectivity index (χ4v) is 4.48. The molecule has 1 aliphatic heterocycles. The number of aromatic nitrogens is 2. The quantitative estimate of drug-likeness (QED) is 0.701. The smallest absolute Gasteiger partial charge is 0.245 e. The lowest BCUT2D eigenvalue weighted by Gasteiger charge is -2.37. The van der Waals surface area contributed by atoms with E-state index in [1.807, 2.05) is 12.1 Å². The molecule has 3 aromatic rings. The molecule has 0 saturated carbocycles. The molecule has 0 radical (unpaired) electrons. The second kappa shape index (κ2) is 6.25. The van der Waals surface area contributed by atoms with Crippen LogP contribution in [0.5, 0.6) is 5.88 Å². The van der Waals surface area contributed by atoms with Gasteiger partial charge in [-0.2, -0.15) is 4.31 Å². The summed E-state index contributed by atoms with van der Waals surface area (Å²) >= 11 is 5.78. The van der Waals surface area contributed by atoms with Crippen molar-refractivity contribution in [2.24, 2.45) is 0 Å². The summed E-state index contributed by atoms with van der Waals surface area (Å²) in [4.78, 5) is 8.49. The minimum absolute atomic E-state index is 0.216. The monoisotopic (exact) mass is 375 g/mol. The third-order valence-electron chi connectivity index (χ3n) is 4.02. The predicted molar refractivity (Wildman–Crippen MR) is 94.2 cm³/mol. The molecular weight excluding hydrogens is 362 g/mol. The van der Waals surface area contributed by atoms with Gasteiger partial charge in [0, 0.05) is 23.8 Å². The Hall–Kier alpha value is -2.22. The van der Waals surface area contributed by atoms with Gasteiger partial charge in [0.05, 0.1) is 23.6 Å². The Bertz CT molecular complexity index is 1010. The third-order valence-corrected chi connectivity index (χ3v) is 6.10. The molecule has 8 heteroatoms. The number of fused-ring (bicyclic) bond motifs is 1. The number of nitrogens with zero attached hydrogens (tertiary/aromatic N) is 3. The fourth-order valence-electron chi connectivity index (χ4n) is 2.70. The van der Waals surface area contributed by atoms with Crippen LogP contribution in [-0.2, 0) is 10.0 Å². The number of hydrogen-bond acceptors (Lipinski definition) is 5. The van der Waals surface area contributed by atoms with E-state index >= 15 is 0 Å². The number of sulfonamides is 1. The van der Waals surface area contributed by atoms with Gasteiger partial charge in [0.2, 0.25) is 15.9 Å². The van der Waals surface area contributed by atoms with Crippen molar-refractivity contribution in [1.82, 2.24) is 14.3 Å². The molecular formula is C17H14ClN3O3S. The number of pyridine rings is 2. The highest BCUT2D eigenvalue weighted by Crippen LogP contribution is 2.28. The Morgan fingerprint density at radius 1 is 1.08 bits per heavy atom. The Morgan fingerprint density at radius 2 is 1.88 bits per heavy atom. The van der Waals surface area contributed by atoms with Crippen molar-refractivity contribution in [1.29, 1.82) is 0 Å². The minimum Gasteiger partial charge on any atom is -0.472 e. The van der Waals surface area contributed by atoms with Crippen LogP contribution in [0.4, 0.5) is 0 Å². The van der Waals surface area contributed by atoms with Crippen LogP contribution in [0.25, 0.3) is 10.9 Å². The van der Waals surface area contributed by atoms with E-state index in [4.69, 9.17) is 16.3 Å². The standard InChI is InChI=1S/C17H14ClN3O3S/c18-13-6-7-16(20-9-13)24-14-10-21(11-14)25(22,23)15-5-1-3-12-4-2-8-19-17(12)15/h1-9,14H,10-11H2. The van der Waals surface area contributed by atoms with E-state index in [1.165, 1.54) is 10.5 Å². The lowest BCUT2D eigenvalue weighted by Crippen LogP contribution is -2.56. The van der Waals surface area contributed by atoms with Crippen LogP contribution < -0.4 is 4.74 Å². The molecule has 6 nitrogen and oxygen atoms in total. The number of ether oxygens (including phenoxy) is 1. The van der Waals surface area contributed by atoms with Crippen molar-refractivity contribution in [3.63, 3.8) is 0 Å². The molecule has 1 saturated heterocycles. The molecule has 3 heterocycles. The first-order chi connectivity index (χ1) is 12.0. The highest BCUT2D eigenvalue weighted by molar-refractivity contribution is 7.89. The molecule has 0 atom stereocenters. The summed E-state index contributed by atoms with van der Waals surface area (Å²) in [6, 6.07) is 12.1. The Morgan fingerprint density at radius 3 is 2.64 bits per heavy atom. The Kier molecular flexibility index (Phi) is 4.07. The van der Waals surface area contributed by atoms with Crippen LogP contribution in [0.3, 0.4) is 0 Å². The molecule has 128 valence electrons. The SMILES string of the molecule is O=S(=O)(c1cccc2cccnc12)N1CC(Oc2ccc(Cl)cn2)C1. The number of para-hydroxylation sites is 1. The van der Waals surface area contributed by atoms with Crippen LogP contribution in [0.15, 0.2) is 59.8 Å². The van der Waals surface area contributed by atoms with Gasteiger partial charge in [-0.1, -0.05) is 29.8 Å². The van der Waals surface area contributed by atoms with Crippen molar-refractivity contribution in [2.75, 3.05) is 13.1 Å². The Labute approximate surface area is 150 Å². The lowest BCUT2D eigenvalue weighted by atomic mass is 10.2. The number of hydrogen-bond donors (Lipinski definition) is 0. The van der Waals surface area contributed by atoms with Gasteiger partial charge in [0.25, 0.3) is 0 Å². The van der Waals surface area contributed by atoms with Gasteiger partial charge in [0.15, 0.2) is 0 Å². The summed E-state index contributed by atoms with van der Waals surface area (Å²) in [5, 5.41) is 1.32. The van der Waals surface area contributed by atoms with Crippen LogP contribution in [0.2, 0.25) is 5.02 Å². The number of rotatable bonds is 4. The molecule has 0 aliphatic carbocycles. The molecule has 1 fully saturated rings. The van der Waals surface area contributed by atoms with Crippen molar-refractivity contribution >= 4 is 32.5 Å². The van der Waals surface area contributed by atoms with E-state index in [-0.39, 0.29) is 24.1 Å². The van der Waals surface area contributed by atoms with Crippen LogP contribution in [-0.4, -0.2) is 41.9 Å². The van der Waals surface area contributed by atoms with Gasteiger partial charge in [-0.3, -0.25) is 4.98 Å². The van der Waals surface area contributed by atoms with E-state index in [1.54, 1.807) is 36.5 Å². The molecule has 4 rings (SSSR count). The van der Waals surface area contributed by atoms with Crippen LogP contribution in [0, 0.1) is 0 Å². The summed E-state index contributed by atoms with van der Waals surface area (Å²) in [5.41, 5.74) is 0.480. The summed E-state index contributed by atoms with van der Waals surface area (Å²) in [6.45, 7) is 0.547. The first-order valence-corrected chi connectivity index (χ1v) is 9.48. The van der Waals surface area contributed by atoms with E-state index in [2.05, 4.69) is 9.97 Å². The molecule has 1 aliphatic rings. The maximum Gasteiger partial charge on any atom is 0.245 e. The minimum atomic E-state index is -3.61. The van der Waals surface area contributed by atoms with E-state index in [0.29, 0.717) is 16.4 Å². The highest BCUT2D eigenvalue weighted by Gasteiger charge is 2.39. The highest BCUT2D eigenvalue weighted by atomic mass is 35.5. The third kappa shape index (κ3) is 3.06. The van der Waals surface area contributed by atoms with Gasteiger partial charge in [-0.15, -0.1) is 0 Å². The van der Waals surface area contributed by atoms with Crippen LogP contribution in [0.1, 0.15) is 0 Å².